The summed E-state index contributed by atoms with van der Waals surface area (Å²) in [6.07, 6.45) is 2.25. The van der Waals surface area contributed by atoms with Gasteiger partial charge < -0.3 is 14.4 Å². The maximum atomic E-state index is 13.2. The van der Waals surface area contributed by atoms with Gasteiger partial charge in [0.2, 0.25) is 0 Å². The summed E-state index contributed by atoms with van der Waals surface area (Å²) >= 11 is 1.81. The van der Waals surface area contributed by atoms with Crippen LogP contribution in [0.5, 0.6) is 0 Å². The molecule has 0 unspecified atom stereocenters. The zero-order valence-electron chi connectivity index (χ0n) is 20.0. The molecule has 4 heterocycles. The van der Waals surface area contributed by atoms with Crippen molar-refractivity contribution in [2.75, 3.05) is 19.6 Å². The molecule has 4 aromatic rings. The molecule has 1 fully saturated rings. The normalized spacial score (nSPS) is 18.1. The van der Waals surface area contributed by atoms with Crippen molar-refractivity contribution in [3.63, 3.8) is 0 Å². The molecule has 0 atom stereocenters. The minimum atomic E-state index is -0.854. The molecular weight excluding hydrogens is 456 g/mol. The van der Waals surface area contributed by atoms with Crippen LogP contribution in [0.25, 0.3) is 11.0 Å². The quantitative estimate of drug-likeness (QED) is 0.415. The van der Waals surface area contributed by atoms with Gasteiger partial charge in [-0.15, -0.1) is 11.3 Å². The van der Waals surface area contributed by atoms with Crippen LogP contribution in [0.1, 0.15) is 50.5 Å². The number of rotatable bonds is 4. The highest BCUT2D eigenvalue weighted by atomic mass is 32.1. The molecule has 1 saturated heterocycles. The number of aryl methyl sites for hydroxylation is 1. The lowest BCUT2D eigenvalue weighted by molar-refractivity contribution is -0.0274. The summed E-state index contributed by atoms with van der Waals surface area (Å²) in [5, 5.41) is 14.5. The van der Waals surface area contributed by atoms with Gasteiger partial charge in [0.25, 0.3) is 5.91 Å². The molecule has 2 aliphatic heterocycles. The number of furan rings is 1. The fourth-order valence-corrected chi connectivity index (χ4v) is 6.35. The van der Waals surface area contributed by atoms with Gasteiger partial charge in [-0.2, -0.15) is 0 Å². The molecule has 2 aliphatic rings. The van der Waals surface area contributed by atoms with Gasteiger partial charge in [-0.25, -0.2) is 0 Å². The predicted molar refractivity (Wildman–Crippen MR) is 139 cm³/mol. The van der Waals surface area contributed by atoms with Crippen molar-refractivity contribution in [1.82, 2.24) is 9.80 Å². The van der Waals surface area contributed by atoms with Crippen LogP contribution >= 0.6 is 11.3 Å². The smallest absolute Gasteiger partial charge is 0.289 e. The summed E-state index contributed by atoms with van der Waals surface area (Å²) in [6, 6.07) is 18.2. The van der Waals surface area contributed by atoms with E-state index in [1.54, 1.807) is 11.3 Å². The first-order valence-corrected chi connectivity index (χ1v) is 13.2. The minimum Gasteiger partial charge on any atom is -0.451 e. The lowest BCUT2D eigenvalue weighted by Gasteiger charge is -2.38. The SMILES string of the molecule is Cc1ccsc1CN1CCC(O)(c2ccc3oc(C(=O)N4CCc5ccccc5C4)cc3c2)CC1. The Hall–Kier alpha value is -2.93. The van der Waals surface area contributed by atoms with E-state index in [1.165, 1.54) is 21.6 Å². The summed E-state index contributed by atoms with van der Waals surface area (Å²) < 4.78 is 5.95. The molecule has 0 aliphatic carbocycles. The second-order valence-corrected chi connectivity index (χ2v) is 10.9. The Morgan fingerprint density at radius 1 is 1.06 bits per heavy atom. The van der Waals surface area contributed by atoms with Crippen molar-refractivity contribution >= 4 is 28.2 Å². The molecule has 2 aromatic heterocycles. The zero-order chi connectivity index (χ0) is 24.0. The molecule has 35 heavy (non-hydrogen) atoms. The number of nitrogens with zero attached hydrogens (tertiary/aromatic N) is 2. The first kappa shape index (κ1) is 22.5. The number of piperidine rings is 1. The van der Waals surface area contributed by atoms with E-state index in [9.17, 15) is 9.90 Å². The predicted octanol–water partition coefficient (Wildman–Crippen LogP) is 5.48. The average Bonchev–Trinajstić information content (AvgIpc) is 3.50. The highest BCUT2D eigenvalue weighted by molar-refractivity contribution is 7.10. The summed E-state index contributed by atoms with van der Waals surface area (Å²) in [7, 11) is 0. The molecule has 2 aromatic carbocycles. The van der Waals surface area contributed by atoms with Crippen LogP contribution in [0.4, 0.5) is 0 Å². The maximum absolute atomic E-state index is 13.2. The number of carbonyl (C=O) groups is 1. The molecule has 0 bridgehead atoms. The van der Waals surface area contributed by atoms with E-state index in [1.807, 2.05) is 35.2 Å². The topological polar surface area (TPSA) is 56.9 Å². The standard InChI is InChI=1S/C29H30N2O3S/c1-20-9-15-35-27(20)19-30-13-10-29(33,11-14-30)24-6-7-25-23(16-24)17-26(34-25)28(32)31-12-8-21-4-2-3-5-22(21)18-31/h2-7,9,15-17,33H,8,10-14,18-19H2,1H3. The highest BCUT2D eigenvalue weighted by Crippen LogP contribution is 2.36. The van der Waals surface area contributed by atoms with Crippen LogP contribution < -0.4 is 0 Å². The lowest BCUT2D eigenvalue weighted by Crippen LogP contribution is -2.42. The van der Waals surface area contributed by atoms with Gasteiger partial charge in [0.15, 0.2) is 5.76 Å². The van der Waals surface area contributed by atoms with Crippen LogP contribution in [0.3, 0.4) is 0 Å². The van der Waals surface area contributed by atoms with Gasteiger partial charge in [0.05, 0.1) is 5.60 Å². The lowest BCUT2D eigenvalue weighted by atomic mass is 9.84. The molecule has 5 nitrogen and oxygen atoms in total. The molecule has 0 radical (unpaired) electrons. The van der Waals surface area contributed by atoms with Crippen molar-refractivity contribution in [1.29, 1.82) is 0 Å². The van der Waals surface area contributed by atoms with Crippen molar-refractivity contribution in [2.24, 2.45) is 0 Å². The van der Waals surface area contributed by atoms with Gasteiger partial charge in [0, 0.05) is 43.0 Å². The average molecular weight is 487 g/mol. The second kappa shape index (κ2) is 8.94. The number of likely N-dealkylation sites (tertiary alicyclic amines) is 1. The van der Waals surface area contributed by atoms with Crippen LogP contribution in [0.2, 0.25) is 0 Å². The van der Waals surface area contributed by atoms with E-state index in [0.717, 1.165) is 37.0 Å². The third-order valence-corrected chi connectivity index (χ3v) is 8.71. The number of aliphatic hydroxyl groups is 1. The Bertz CT molecular complexity index is 1380. The first-order valence-electron chi connectivity index (χ1n) is 12.4. The summed E-state index contributed by atoms with van der Waals surface area (Å²) in [6.45, 7) is 6.13. The van der Waals surface area contributed by atoms with Crippen LogP contribution in [0, 0.1) is 6.92 Å². The molecular formula is C29H30N2O3S. The monoisotopic (exact) mass is 486 g/mol. The van der Waals surface area contributed by atoms with Gasteiger partial charge in [-0.3, -0.25) is 9.69 Å². The van der Waals surface area contributed by atoms with Gasteiger partial charge in [0.1, 0.15) is 5.58 Å². The number of carbonyl (C=O) groups excluding carboxylic acids is 1. The van der Waals surface area contributed by atoms with Crippen molar-refractivity contribution in [2.45, 2.75) is 44.9 Å². The molecule has 180 valence electrons. The van der Waals surface area contributed by atoms with Crippen LogP contribution in [-0.4, -0.2) is 40.4 Å². The van der Waals surface area contributed by atoms with Crippen LogP contribution in [0.15, 0.2) is 64.4 Å². The van der Waals surface area contributed by atoms with E-state index in [4.69, 9.17) is 4.42 Å². The molecule has 0 saturated carbocycles. The number of amides is 1. The van der Waals surface area contributed by atoms with Gasteiger partial charge in [-0.1, -0.05) is 30.3 Å². The number of thiophene rings is 1. The summed E-state index contributed by atoms with van der Waals surface area (Å²) in [5.74, 6) is 0.290. The fourth-order valence-electron chi connectivity index (χ4n) is 5.40. The Morgan fingerprint density at radius 2 is 1.86 bits per heavy atom. The van der Waals surface area contributed by atoms with Gasteiger partial charge in [-0.05, 0) is 78.1 Å². The van der Waals surface area contributed by atoms with Gasteiger partial charge >= 0.3 is 0 Å². The van der Waals surface area contributed by atoms with Crippen molar-refractivity contribution < 1.29 is 14.3 Å². The number of hydrogen-bond donors (Lipinski definition) is 1. The Labute approximate surface area is 209 Å². The van der Waals surface area contributed by atoms with E-state index in [0.29, 0.717) is 37.3 Å². The zero-order valence-corrected chi connectivity index (χ0v) is 20.8. The Kier molecular flexibility index (Phi) is 5.75. The molecule has 6 heteroatoms. The fraction of sp³-hybridized carbons (Fsp3) is 0.345. The number of fused-ring (bicyclic) bond motifs is 2. The van der Waals surface area contributed by atoms with E-state index < -0.39 is 5.60 Å². The Balaban J connectivity index is 1.16. The minimum absolute atomic E-state index is 0.0758. The number of benzene rings is 2. The molecule has 1 amide bonds. The summed E-state index contributed by atoms with van der Waals surface area (Å²) in [5.41, 5.74) is 4.60. The van der Waals surface area contributed by atoms with E-state index in [-0.39, 0.29) is 5.91 Å². The van der Waals surface area contributed by atoms with Crippen molar-refractivity contribution in [3.05, 3.63) is 92.9 Å². The molecule has 0 spiro atoms. The third kappa shape index (κ3) is 4.31. The highest BCUT2D eigenvalue weighted by Gasteiger charge is 2.34. The largest absolute Gasteiger partial charge is 0.451 e. The molecule has 1 N–H and O–H groups in total. The summed E-state index contributed by atoms with van der Waals surface area (Å²) in [4.78, 5) is 18.9. The first-order chi connectivity index (χ1) is 17.0. The van der Waals surface area contributed by atoms with Crippen molar-refractivity contribution in [3.8, 4) is 0 Å². The third-order valence-electron chi connectivity index (χ3n) is 7.70. The second-order valence-electron chi connectivity index (χ2n) is 9.94. The van der Waals surface area contributed by atoms with Crippen LogP contribution in [-0.2, 0) is 25.1 Å². The number of hydrogen-bond acceptors (Lipinski definition) is 5. The maximum Gasteiger partial charge on any atom is 0.289 e. The van der Waals surface area contributed by atoms with E-state index in [2.05, 4.69) is 41.5 Å². The van der Waals surface area contributed by atoms with E-state index >= 15 is 0 Å². The molecule has 6 rings (SSSR count). The Morgan fingerprint density at radius 3 is 2.63 bits per heavy atom.